The zero-order valence-corrected chi connectivity index (χ0v) is 9.86. The predicted molar refractivity (Wildman–Crippen MR) is 37.7 cm³/mol. The molecule has 0 radical (unpaired) electrons. The summed E-state index contributed by atoms with van der Waals surface area (Å²) >= 11 is 0. The summed E-state index contributed by atoms with van der Waals surface area (Å²) in [6.07, 6.45) is 0. The molecular weight excluding hydrogens is 289 g/mol. The monoisotopic (exact) mass is 302 g/mol. The second-order valence-electron chi connectivity index (χ2n) is 0.610. The minimum Gasteiger partial charge on any atom is -1.00 e. The van der Waals surface area contributed by atoms with Crippen LogP contribution >= 0.6 is 0 Å². The third-order valence-electron chi connectivity index (χ3n) is 0.183. The number of carbonyl (C=O) groups is 2. The Morgan fingerprint density at radius 1 is 0.818 bits per heavy atom. The zero-order chi connectivity index (χ0) is 5.15. The van der Waals surface area contributed by atoms with E-state index in [2.05, 4.69) is 0 Å². The molecular formula is C2H12BaO8. The summed E-state index contributed by atoms with van der Waals surface area (Å²) in [6.45, 7) is 0. The molecule has 0 saturated heterocycles. The second kappa shape index (κ2) is 22.4. The molecule has 0 unspecified atom stereocenters. The van der Waals surface area contributed by atoms with Crippen LogP contribution in [0.2, 0.25) is 0 Å². The maximum Gasteiger partial charge on any atom is 2.00 e. The number of carboxylic acid groups (broad SMARTS) is 2. The summed E-state index contributed by atoms with van der Waals surface area (Å²) in [4.78, 5) is 18.2. The fraction of sp³-hybridized carbons (Fsp3) is 0. The van der Waals surface area contributed by atoms with E-state index in [0.29, 0.717) is 0 Å². The molecule has 0 fully saturated rings. The molecule has 0 atom stereocenters. The van der Waals surface area contributed by atoms with Gasteiger partial charge < -0.3 is 35.0 Å². The van der Waals surface area contributed by atoms with Crippen molar-refractivity contribution in [1.82, 2.24) is 0 Å². The molecule has 0 aliphatic carbocycles. The summed E-state index contributed by atoms with van der Waals surface area (Å²) in [7, 11) is 0. The number of carboxylic acids is 2. The standard InChI is InChI=1S/C2H2O4.Ba.4H2O.2H/c3-1(4)2(5)6;;;;;;;/h(H,3,4)(H,5,6);;4*1H2;;/q;+2;;;;;2*-1. The first-order chi connectivity index (χ1) is 2.64. The molecule has 0 heterocycles. The van der Waals surface area contributed by atoms with Gasteiger partial charge in [0.05, 0.1) is 0 Å². The van der Waals surface area contributed by atoms with Crippen LogP contribution in [-0.4, -0.2) is 92.9 Å². The van der Waals surface area contributed by atoms with Crippen LogP contribution in [0.5, 0.6) is 0 Å². The number of hydrogen-bond donors (Lipinski definition) is 2. The van der Waals surface area contributed by atoms with Crippen LogP contribution in [0.4, 0.5) is 0 Å². The molecule has 0 aliphatic heterocycles. The smallest absolute Gasteiger partial charge is 1.00 e. The first kappa shape index (κ1) is 42.5. The minimum absolute atomic E-state index is 0. The first-order valence-electron chi connectivity index (χ1n) is 1.11. The van der Waals surface area contributed by atoms with Crippen LogP contribution in [0.25, 0.3) is 0 Å². The van der Waals surface area contributed by atoms with E-state index < -0.39 is 11.9 Å². The topological polar surface area (TPSA) is 201 Å². The quantitative estimate of drug-likeness (QED) is 0.336. The summed E-state index contributed by atoms with van der Waals surface area (Å²) in [5.41, 5.74) is 0. The van der Waals surface area contributed by atoms with E-state index in [1.807, 2.05) is 0 Å². The van der Waals surface area contributed by atoms with Crippen molar-refractivity contribution >= 4 is 60.8 Å². The Labute approximate surface area is 104 Å². The van der Waals surface area contributed by atoms with E-state index in [1.165, 1.54) is 0 Å². The van der Waals surface area contributed by atoms with E-state index in [-0.39, 0.29) is 73.6 Å². The van der Waals surface area contributed by atoms with Gasteiger partial charge in [0, 0.05) is 0 Å². The molecule has 0 saturated carbocycles. The molecule has 0 aromatic rings. The maximum absolute atomic E-state index is 9.10. The Hall–Kier alpha value is 0.351. The fourth-order valence-corrected chi connectivity index (χ4v) is 0. The normalized spacial score (nSPS) is 4.00. The van der Waals surface area contributed by atoms with Gasteiger partial charge in [0.2, 0.25) is 0 Å². The largest absolute Gasteiger partial charge is 2.00 e. The van der Waals surface area contributed by atoms with Crippen molar-refractivity contribution in [3.63, 3.8) is 0 Å². The molecule has 0 rings (SSSR count). The van der Waals surface area contributed by atoms with Gasteiger partial charge in [-0.1, -0.05) is 0 Å². The minimum atomic E-state index is -1.82. The van der Waals surface area contributed by atoms with E-state index in [0.717, 1.165) is 0 Å². The Morgan fingerprint density at radius 3 is 0.909 bits per heavy atom. The molecule has 0 aromatic carbocycles. The van der Waals surface area contributed by atoms with Gasteiger partial charge in [-0.05, 0) is 0 Å². The summed E-state index contributed by atoms with van der Waals surface area (Å²) in [5, 5.41) is 14.8. The average Bonchev–Trinajstić information content (AvgIpc) is 1.36. The molecule has 8 nitrogen and oxygen atoms in total. The molecule has 0 aliphatic rings. The zero-order valence-electron chi connectivity index (χ0n) is 7.42. The van der Waals surface area contributed by atoms with Gasteiger partial charge >= 0.3 is 60.8 Å². The average molecular weight is 301 g/mol. The van der Waals surface area contributed by atoms with Crippen LogP contribution in [-0.2, 0) is 9.59 Å². The Bertz CT molecular complexity index is 86.1. The molecule has 9 heteroatoms. The predicted octanol–water partition coefficient (Wildman–Crippen LogP) is -4.30. The van der Waals surface area contributed by atoms with Gasteiger partial charge in [0.25, 0.3) is 0 Å². The Balaban J connectivity index is -0.00000000595. The van der Waals surface area contributed by atoms with Crippen molar-refractivity contribution in [2.75, 3.05) is 0 Å². The molecule has 10 N–H and O–H groups in total. The van der Waals surface area contributed by atoms with Crippen LogP contribution in [0, 0.1) is 0 Å². The molecule has 0 bridgehead atoms. The SMILES string of the molecule is O.O.O.O.O=C(O)C(=O)O.[Ba+2].[H-].[H-]. The number of aliphatic carboxylic acids is 2. The van der Waals surface area contributed by atoms with Gasteiger partial charge in [-0.15, -0.1) is 0 Å². The van der Waals surface area contributed by atoms with E-state index in [1.54, 1.807) is 0 Å². The van der Waals surface area contributed by atoms with E-state index >= 15 is 0 Å². The molecule has 0 aromatic heterocycles. The van der Waals surface area contributed by atoms with Crippen LogP contribution < -0.4 is 0 Å². The summed E-state index contributed by atoms with van der Waals surface area (Å²) in [6, 6.07) is 0. The van der Waals surface area contributed by atoms with Crippen molar-refractivity contribution in [2.24, 2.45) is 0 Å². The number of hydrogen-bond acceptors (Lipinski definition) is 2. The van der Waals surface area contributed by atoms with Gasteiger partial charge in [-0.25, -0.2) is 9.59 Å². The second-order valence-corrected chi connectivity index (χ2v) is 0.610. The Morgan fingerprint density at radius 2 is 0.909 bits per heavy atom. The van der Waals surface area contributed by atoms with Crippen molar-refractivity contribution < 1.29 is 44.6 Å². The van der Waals surface area contributed by atoms with Gasteiger partial charge in [0.15, 0.2) is 0 Å². The van der Waals surface area contributed by atoms with Crippen LogP contribution in [0.3, 0.4) is 0 Å². The van der Waals surface area contributed by atoms with E-state index in [4.69, 9.17) is 19.8 Å². The van der Waals surface area contributed by atoms with Gasteiger partial charge in [-0.2, -0.15) is 0 Å². The van der Waals surface area contributed by atoms with Crippen molar-refractivity contribution in [3.8, 4) is 0 Å². The molecule has 70 valence electrons. The van der Waals surface area contributed by atoms with Crippen molar-refractivity contribution in [2.45, 2.75) is 0 Å². The van der Waals surface area contributed by atoms with Gasteiger partial charge in [-0.3, -0.25) is 0 Å². The molecule has 0 amide bonds. The fourth-order valence-electron chi connectivity index (χ4n) is 0. The Kier molecular flexibility index (Phi) is 86.6. The number of rotatable bonds is 0. The van der Waals surface area contributed by atoms with Crippen LogP contribution in [0.1, 0.15) is 2.85 Å². The molecule has 11 heavy (non-hydrogen) atoms. The summed E-state index contributed by atoms with van der Waals surface area (Å²) < 4.78 is 0. The van der Waals surface area contributed by atoms with E-state index in [9.17, 15) is 0 Å². The maximum atomic E-state index is 9.10. The van der Waals surface area contributed by atoms with Gasteiger partial charge in [0.1, 0.15) is 0 Å². The first-order valence-corrected chi connectivity index (χ1v) is 1.11. The van der Waals surface area contributed by atoms with Crippen LogP contribution in [0.15, 0.2) is 0 Å². The third kappa shape index (κ3) is 38.1. The van der Waals surface area contributed by atoms with Crippen molar-refractivity contribution in [1.29, 1.82) is 0 Å². The summed E-state index contributed by atoms with van der Waals surface area (Å²) in [5.74, 6) is -3.65. The third-order valence-corrected chi connectivity index (χ3v) is 0.183. The molecule has 0 spiro atoms. The van der Waals surface area contributed by atoms with Crippen molar-refractivity contribution in [3.05, 3.63) is 0 Å².